The summed E-state index contributed by atoms with van der Waals surface area (Å²) >= 11 is 1.75. The maximum absolute atomic E-state index is 4.47. The van der Waals surface area contributed by atoms with Crippen molar-refractivity contribution in [1.29, 1.82) is 0 Å². The highest BCUT2D eigenvalue weighted by Gasteiger charge is 2.20. The van der Waals surface area contributed by atoms with E-state index in [1.807, 2.05) is 7.05 Å². The zero-order chi connectivity index (χ0) is 15.9. The Labute approximate surface area is 161 Å². The minimum absolute atomic E-state index is 0. The number of halogens is 1. The summed E-state index contributed by atoms with van der Waals surface area (Å²) in [7, 11) is 1.83. The topological polar surface area (TPSA) is 52.6 Å². The second kappa shape index (κ2) is 10.5. The van der Waals surface area contributed by atoms with Gasteiger partial charge in [0.25, 0.3) is 0 Å². The highest BCUT2D eigenvalue weighted by Crippen LogP contribution is 2.16. The average molecular weight is 451 g/mol. The van der Waals surface area contributed by atoms with E-state index in [9.17, 15) is 0 Å². The summed E-state index contributed by atoms with van der Waals surface area (Å²) < 4.78 is 0. The van der Waals surface area contributed by atoms with Crippen LogP contribution >= 0.6 is 35.3 Å². The molecule has 0 aliphatic carbocycles. The predicted octanol–water partition coefficient (Wildman–Crippen LogP) is 2.92. The number of nitrogens with one attached hydrogen (secondary N) is 2. The highest BCUT2D eigenvalue weighted by atomic mass is 127. The maximum atomic E-state index is 4.47. The molecule has 0 spiro atoms. The number of thiazole rings is 1. The first-order valence-corrected chi connectivity index (χ1v) is 9.07. The smallest absolute Gasteiger partial charge is 0.191 e. The molecule has 0 amide bonds. The van der Waals surface area contributed by atoms with Gasteiger partial charge in [-0.2, -0.15) is 0 Å². The number of aliphatic imine (C=N–C) groups is 1. The van der Waals surface area contributed by atoms with Crippen LogP contribution in [0.1, 0.15) is 41.8 Å². The van der Waals surface area contributed by atoms with Gasteiger partial charge in [0.05, 0.1) is 17.2 Å². The van der Waals surface area contributed by atoms with Gasteiger partial charge < -0.3 is 10.6 Å². The molecule has 1 fully saturated rings. The Balaban J connectivity index is 0.00000264. The fraction of sp³-hybridized carbons (Fsp3) is 0.750. The zero-order valence-electron chi connectivity index (χ0n) is 14.7. The van der Waals surface area contributed by atoms with Crippen molar-refractivity contribution in [1.82, 2.24) is 20.5 Å². The standard InChI is InChI=1S/C16H29N5S.HI/c1-5-14(21-8-6-7-9-21)10-18-16(17-4)19-11-15-12(2)20-13(3)22-15;/h14H,5-11H2,1-4H3,(H2,17,18,19);1H. The van der Waals surface area contributed by atoms with Gasteiger partial charge in [0.2, 0.25) is 0 Å². The molecule has 1 aromatic heterocycles. The first kappa shape index (κ1) is 20.6. The van der Waals surface area contributed by atoms with Crippen molar-refractivity contribution >= 4 is 41.3 Å². The number of nitrogens with zero attached hydrogens (tertiary/aromatic N) is 3. The van der Waals surface area contributed by atoms with Crippen molar-refractivity contribution in [3.8, 4) is 0 Å². The molecular formula is C16H30IN5S. The molecule has 0 radical (unpaired) electrons. The quantitative estimate of drug-likeness (QED) is 0.397. The van der Waals surface area contributed by atoms with Gasteiger partial charge in [0, 0.05) is 24.5 Å². The van der Waals surface area contributed by atoms with Crippen molar-refractivity contribution in [3.05, 3.63) is 15.6 Å². The van der Waals surface area contributed by atoms with Gasteiger partial charge >= 0.3 is 0 Å². The molecule has 2 heterocycles. The summed E-state index contributed by atoms with van der Waals surface area (Å²) in [5.41, 5.74) is 1.12. The number of likely N-dealkylation sites (tertiary alicyclic amines) is 1. The number of aromatic nitrogens is 1. The lowest BCUT2D eigenvalue weighted by molar-refractivity contribution is 0.236. The van der Waals surface area contributed by atoms with Gasteiger partial charge in [-0.1, -0.05) is 6.92 Å². The van der Waals surface area contributed by atoms with E-state index >= 15 is 0 Å². The van der Waals surface area contributed by atoms with Crippen molar-refractivity contribution in [2.24, 2.45) is 4.99 Å². The van der Waals surface area contributed by atoms with Crippen LogP contribution in [-0.4, -0.2) is 48.6 Å². The second-order valence-electron chi connectivity index (χ2n) is 5.85. The molecule has 1 aliphatic rings. The second-order valence-corrected chi connectivity index (χ2v) is 7.14. The summed E-state index contributed by atoms with van der Waals surface area (Å²) in [5.74, 6) is 0.878. The monoisotopic (exact) mass is 451 g/mol. The van der Waals surface area contributed by atoms with E-state index in [0.717, 1.165) is 29.8 Å². The third kappa shape index (κ3) is 6.19. The summed E-state index contributed by atoms with van der Waals surface area (Å²) in [6.07, 6.45) is 3.86. The van der Waals surface area contributed by atoms with Crippen LogP contribution in [0.5, 0.6) is 0 Å². The van der Waals surface area contributed by atoms with E-state index < -0.39 is 0 Å². The maximum Gasteiger partial charge on any atom is 0.191 e. The molecule has 1 unspecified atom stereocenters. The molecule has 1 aromatic rings. The van der Waals surface area contributed by atoms with E-state index in [2.05, 4.69) is 46.3 Å². The highest BCUT2D eigenvalue weighted by molar-refractivity contribution is 14.0. The van der Waals surface area contributed by atoms with Crippen molar-refractivity contribution in [3.63, 3.8) is 0 Å². The Bertz CT molecular complexity index is 497. The molecule has 23 heavy (non-hydrogen) atoms. The first-order chi connectivity index (χ1) is 10.6. The Morgan fingerprint density at radius 1 is 1.30 bits per heavy atom. The summed E-state index contributed by atoms with van der Waals surface area (Å²) in [4.78, 5) is 12.7. The van der Waals surface area contributed by atoms with Crippen molar-refractivity contribution < 1.29 is 0 Å². The molecule has 0 saturated carbocycles. The van der Waals surface area contributed by atoms with Gasteiger partial charge in [0.1, 0.15) is 0 Å². The Hall–Kier alpha value is -0.410. The number of aryl methyl sites for hydroxylation is 2. The first-order valence-electron chi connectivity index (χ1n) is 8.25. The number of hydrogen-bond donors (Lipinski definition) is 2. The number of hydrogen-bond acceptors (Lipinski definition) is 4. The summed E-state index contributed by atoms with van der Waals surface area (Å²) in [6, 6.07) is 0.605. The van der Waals surface area contributed by atoms with Gasteiger partial charge in [-0.25, -0.2) is 4.98 Å². The zero-order valence-corrected chi connectivity index (χ0v) is 17.8. The molecule has 1 atom stereocenters. The molecule has 132 valence electrons. The van der Waals surface area contributed by atoms with Crippen molar-refractivity contribution in [2.75, 3.05) is 26.7 Å². The van der Waals surface area contributed by atoms with Crippen molar-refractivity contribution in [2.45, 2.75) is 52.6 Å². The minimum atomic E-state index is 0. The largest absolute Gasteiger partial charge is 0.355 e. The van der Waals surface area contributed by atoms with Crippen LogP contribution < -0.4 is 10.6 Å². The van der Waals surface area contributed by atoms with E-state index in [1.165, 1.54) is 37.2 Å². The lowest BCUT2D eigenvalue weighted by Gasteiger charge is -2.27. The fourth-order valence-electron chi connectivity index (χ4n) is 2.97. The van der Waals surface area contributed by atoms with Gasteiger partial charge in [-0.05, 0) is 46.2 Å². The van der Waals surface area contributed by atoms with Crippen LogP contribution in [0.2, 0.25) is 0 Å². The Kier molecular flexibility index (Phi) is 9.38. The molecule has 0 bridgehead atoms. The molecule has 2 rings (SSSR count). The van der Waals surface area contributed by atoms with Gasteiger partial charge in [-0.3, -0.25) is 9.89 Å². The van der Waals surface area contributed by atoms with Crippen LogP contribution in [-0.2, 0) is 6.54 Å². The molecular weight excluding hydrogens is 421 g/mol. The van der Waals surface area contributed by atoms with E-state index in [1.54, 1.807) is 11.3 Å². The van der Waals surface area contributed by atoms with Crippen LogP contribution in [0, 0.1) is 13.8 Å². The predicted molar refractivity (Wildman–Crippen MR) is 110 cm³/mol. The minimum Gasteiger partial charge on any atom is -0.355 e. The van der Waals surface area contributed by atoms with Crippen LogP contribution in [0.3, 0.4) is 0 Å². The van der Waals surface area contributed by atoms with Gasteiger partial charge in [0.15, 0.2) is 5.96 Å². The van der Waals surface area contributed by atoms with Crippen LogP contribution in [0.4, 0.5) is 0 Å². The SMILES string of the molecule is CCC(CNC(=NC)NCc1sc(C)nc1C)N1CCCC1.I. The molecule has 2 N–H and O–H groups in total. The lowest BCUT2D eigenvalue weighted by Crippen LogP contribution is -2.46. The van der Waals surface area contributed by atoms with E-state index in [-0.39, 0.29) is 24.0 Å². The molecule has 0 aromatic carbocycles. The molecule has 1 aliphatic heterocycles. The number of guanidine groups is 1. The molecule has 7 heteroatoms. The van der Waals surface area contributed by atoms with Crippen LogP contribution in [0.15, 0.2) is 4.99 Å². The summed E-state index contributed by atoms with van der Waals surface area (Å²) in [6.45, 7) is 10.6. The normalized spacial score (nSPS) is 17.0. The Morgan fingerprint density at radius 3 is 2.52 bits per heavy atom. The lowest BCUT2D eigenvalue weighted by atomic mass is 10.2. The summed E-state index contributed by atoms with van der Waals surface area (Å²) in [5, 5.41) is 8.00. The fourth-order valence-corrected chi connectivity index (χ4v) is 3.85. The average Bonchev–Trinajstić information content (AvgIpc) is 3.13. The molecule has 1 saturated heterocycles. The van der Waals surface area contributed by atoms with E-state index in [4.69, 9.17) is 0 Å². The molecule has 5 nitrogen and oxygen atoms in total. The van der Waals surface area contributed by atoms with E-state index in [0.29, 0.717) is 6.04 Å². The Morgan fingerprint density at radius 2 is 2.00 bits per heavy atom. The third-order valence-corrected chi connectivity index (χ3v) is 5.35. The van der Waals surface area contributed by atoms with Gasteiger partial charge in [-0.15, -0.1) is 35.3 Å². The third-order valence-electron chi connectivity index (χ3n) is 4.27. The van der Waals surface area contributed by atoms with Crippen LogP contribution in [0.25, 0.3) is 0 Å². The number of rotatable bonds is 6.